The van der Waals surface area contributed by atoms with E-state index in [-0.39, 0.29) is 0 Å². The van der Waals surface area contributed by atoms with Crippen LogP contribution < -0.4 is 4.90 Å². The molecule has 3 nitrogen and oxygen atoms in total. The average Bonchev–Trinajstić information content (AvgIpc) is 4.00. The highest BCUT2D eigenvalue weighted by atomic mass is 15.1. The van der Waals surface area contributed by atoms with Crippen molar-refractivity contribution in [3.63, 3.8) is 0 Å². The highest BCUT2D eigenvalue weighted by Crippen LogP contribution is 2.44. The first kappa shape index (κ1) is 44.0. The zero-order chi connectivity index (χ0) is 49.7. The summed E-state index contributed by atoms with van der Waals surface area (Å²) in [7, 11) is 0. The first-order valence-electron chi connectivity index (χ1n) is 26.0. The van der Waals surface area contributed by atoms with Gasteiger partial charge >= 0.3 is 0 Å². The van der Waals surface area contributed by atoms with Crippen molar-refractivity contribution < 1.29 is 0 Å². The molecule has 13 aromatic rings. The molecule has 0 atom stereocenters. The van der Waals surface area contributed by atoms with Crippen LogP contribution in [0.2, 0.25) is 0 Å². The van der Waals surface area contributed by atoms with Crippen molar-refractivity contribution in [2.45, 2.75) is 12.8 Å². The fraction of sp³-hybridized carbons (Fsp3) is 0.0278. The topological polar surface area (TPSA) is 13.1 Å². The van der Waals surface area contributed by atoms with E-state index in [4.69, 9.17) is 0 Å². The molecule has 75 heavy (non-hydrogen) atoms. The molecule has 3 heteroatoms. The Morgan fingerprint density at radius 1 is 0.280 bits per heavy atom. The lowest BCUT2D eigenvalue weighted by Gasteiger charge is -2.27. The normalized spacial score (nSPS) is 12.1. The van der Waals surface area contributed by atoms with Gasteiger partial charge in [0, 0.05) is 55.9 Å². The van der Waals surface area contributed by atoms with Crippen LogP contribution in [0.1, 0.15) is 17.7 Å². The van der Waals surface area contributed by atoms with Crippen LogP contribution in [0.5, 0.6) is 0 Å². The zero-order valence-corrected chi connectivity index (χ0v) is 41.4. The molecular weight excluding hydrogens is 907 g/mol. The Morgan fingerprint density at radius 3 is 1.37 bits per heavy atom. The standard InChI is InChI=1S/C72H51N3/c1-6-21-50(22-7-1)52-25-20-32-63(45-52)73(60-26-10-3-11-27-60)64-46-58(51-23-8-2-9-24-51)44-59(47-64)57-42-55(53-37-39-71-67(48-53)65-33-16-18-35-69(65)74(71)61-28-12-4-13-29-61)41-56(43-57)54-38-40-72-68(49-54)66-34-17-19-36-70(66)75(72)62-30-14-5-15-31-62/h1-18,20-35,37-49H,19,36H2. The fourth-order valence-electron chi connectivity index (χ4n) is 11.6. The number of nitrogens with zero attached hydrogens (tertiary/aromatic N) is 3. The molecule has 0 bridgehead atoms. The molecule has 1 aliphatic carbocycles. The van der Waals surface area contributed by atoms with E-state index in [1.54, 1.807) is 0 Å². The molecule has 0 aliphatic heterocycles. The summed E-state index contributed by atoms with van der Waals surface area (Å²) in [6.07, 6.45) is 6.72. The Hall–Kier alpha value is -9.70. The van der Waals surface area contributed by atoms with Gasteiger partial charge in [0.05, 0.1) is 16.6 Å². The van der Waals surface area contributed by atoms with Gasteiger partial charge in [0.25, 0.3) is 0 Å². The smallest absolute Gasteiger partial charge is 0.0541 e. The van der Waals surface area contributed by atoms with E-state index in [2.05, 4.69) is 299 Å². The number of fused-ring (bicyclic) bond motifs is 6. The largest absolute Gasteiger partial charge is 0.313 e. The number of anilines is 3. The van der Waals surface area contributed by atoms with E-state index >= 15 is 0 Å². The minimum Gasteiger partial charge on any atom is -0.313 e. The first-order chi connectivity index (χ1) is 37.2. The molecule has 11 aromatic carbocycles. The summed E-state index contributed by atoms with van der Waals surface area (Å²) in [5.41, 5.74) is 23.5. The average molecular weight is 958 g/mol. The predicted octanol–water partition coefficient (Wildman–Crippen LogP) is 19.5. The molecular formula is C72H51N3. The van der Waals surface area contributed by atoms with Gasteiger partial charge in [-0.15, -0.1) is 0 Å². The number of benzene rings is 11. The Labute approximate surface area is 437 Å². The van der Waals surface area contributed by atoms with Crippen molar-refractivity contribution in [1.82, 2.24) is 9.13 Å². The van der Waals surface area contributed by atoms with Gasteiger partial charge in [-0.2, -0.15) is 0 Å². The third-order valence-electron chi connectivity index (χ3n) is 15.1. The number of rotatable bonds is 10. The Bertz CT molecular complexity index is 4260. The SMILES string of the molecule is C1=Cc2c(n(-c3ccccc3)c3ccc(-c4cc(-c5cc(-c6ccccc6)cc(N(c6ccccc6)c6cccc(-c7ccccc7)c6)c5)cc(-c5ccc6c(c5)c5ccccc5n6-c5ccccc5)c4)cc23)CC1. The third-order valence-corrected chi connectivity index (χ3v) is 15.1. The van der Waals surface area contributed by atoms with Crippen molar-refractivity contribution in [2.24, 2.45) is 0 Å². The summed E-state index contributed by atoms with van der Waals surface area (Å²) < 4.78 is 4.87. The minimum atomic E-state index is 1.00. The van der Waals surface area contributed by atoms with Crippen LogP contribution in [0.25, 0.3) is 106 Å². The molecule has 2 heterocycles. The van der Waals surface area contributed by atoms with E-state index in [0.717, 1.165) is 63.4 Å². The Kier molecular flexibility index (Phi) is 11.0. The molecule has 0 N–H and O–H groups in total. The number of hydrogen-bond donors (Lipinski definition) is 0. The second-order valence-electron chi connectivity index (χ2n) is 19.6. The highest BCUT2D eigenvalue weighted by molar-refractivity contribution is 6.10. The molecule has 0 unspecified atom stereocenters. The summed E-state index contributed by atoms with van der Waals surface area (Å²) >= 11 is 0. The summed E-state index contributed by atoms with van der Waals surface area (Å²) in [5.74, 6) is 0. The molecule has 0 amide bonds. The number of aromatic nitrogens is 2. The van der Waals surface area contributed by atoms with Crippen LogP contribution in [0.4, 0.5) is 17.1 Å². The molecule has 1 aliphatic rings. The predicted molar refractivity (Wildman–Crippen MR) is 317 cm³/mol. The summed E-state index contributed by atoms with van der Waals surface area (Å²) in [4.78, 5) is 2.41. The zero-order valence-electron chi connectivity index (χ0n) is 41.4. The van der Waals surface area contributed by atoms with Crippen molar-refractivity contribution in [3.8, 4) is 67.0 Å². The maximum atomic E-state index is 2.48. The number of para-hydroxylation sites is 4. The molecule has 0 saturated heterocycles. The second kappa shape index (κ2) is 18.7. The van der Waals surface area contributed by atoms with Crippen molar-refractivity contribution in [2.75, 3.05) is 4.90 Å². The number of hydrogen-bond acceptors (Lipinski definition) is 1. The van der Waals surface area contributed by atoms with Crippen LogP contribution in [-0.2, 0) is 6.42 Å². The van der Waals surface area contributed by atoms with Gasteiger partial charge < -0.3 is 14.0 Å². The van der Waals surface area contributed by atoms with Crippen LogP contribution in [0.3, 0.4) is 0 Å². The summed E-state index contributed by atoms with van der Waals surface area (Å²) in [6.45, 7) is 0. The lowest BCUT2D eigenvalue weighted by molar-refractivity contribution is 0.888. The first-order valence-corrected chi connectivity index (χ1v) is 26.0. The van der Waals surface area contributed by atoms with Gasteiger partial charge in [-0.05, 0) is 184 Å². The molecule has 0 saturated carbocycles. The molecule has 0 radical (unpaired) electrons. The Morgan fingerprint density at radius 2 is 0.720 bits per heavy atom. The summed E-state index contributed by atoms with van der Waals surface area (Å²) in [5, 5.41) is 3.73. The van der Waals surface area contributed by atoms with Gasteiger partial charge in [0.2, 0.25) is 0 Å². The highest BCUT2D eigenvalue weighted by Gasteiger charge is 2.22. The van der Waals surface area contributed by atoms with Crippen molar-refractivity contribution >= 4 is 55.8 Å². The molecule has 0 spiro atoms. The van der Waals surface area contributed by atoms with Gasteiger partial charge in [-0.3, -0.25) is 0 Å². The number of allylic oxidation sites excluding steroid dienone is 1. The van der Waals surface area contributed by atoms with Crippen LogP contribution in [0.15, 0.2) is 279 Å². The van der Waals surface area contributed by atoms with Crippen molar-refractivity contribution in [1.29, 1.82) is 0 Å². The van der Waals surface area contributed by atoms with Crippen molar-refractivity contribution in [3.05, 3.63) is 290 Å². The van der Waals surface area contributed by atoms with E-state index < -0.39 is 0 Å². The van der Waals surface area contributed by atoms with Crippen LogP contribution in [-0.4, -0.2) is 9.13 Å². The van der Waals surface area contributed by atoms with Crippen LogP contribution >= 0.6 is 0 Å². The summed E-state index contributed by atoms with van der Waals surface area (Å²) in [6, 6.07) is 100. The van der Waals surface area contributed by atoms with Gasteiger partial charge in [0.1, 0.15) is 0 Å². The minimum absolute atomic E-state index is 1.00. The maximum Gasteiger partial charge on any atom is 0.0541 e. The van der Waals surface area contributed by atoms with Gasteiger partial charge in [0.15, 0.2) is 0 Å². The Balaban J connectivity index is 1.00. The second-order valence-corrected chi connectivity index (χ2v) is 19.6. The quantitative estimate of drug-likeness (QED) is 0.133. The van der Waals surface area contributed by atoms with E-state index in [9.17, 15) is 0 Å². The molecule has 14 rings (SSSR count). The molecule has 354 valence electrons. The van der Waals surface area contributed by atoms with Crippen LogP contribution in [0, 0.1) is 0 Å². The van der Waals surface area contributed by atoms with E-state index in [1.165, 1.54) is 77.5 Å². The third kappa shape index (κ3) is 8.03. The monoisotopic (exact) mass is 957 g/mol. The van der Waals surface area contributed by atoms with Gasteiger partial charge in [-0.1, -0.05) is 170 Å². The maximum absolute atomic E-state index is 2.48. The van der Waals surface area contributed by atoms with E-state index in [1.807, 2.05) is 0 Å². The fourth-order valence-corrected chi connectivity index (χ4v) is 11.6. The molecule has 2 aromatic heterocycles. The molecule has 0 fully saturated rings. The lowest BCUT2D eigenvalue weighted by atomic mass is 9.90. The van der Waals surface area contributed by atoms with E-state index in [0.29, 0.717) is 0 Å². The van der Waals surface area contributed by atoms with Gasteiger partial charge in [-0.25, -0.2) is 0 Å². The lowest BCUT2D eigenvalue weighted by Crippen LogP contribution is -2.10.